The highest BCUT2D eigenvalue weighted by atomic mass is 35.5. The van der Waals surface area contributed by atoms with Crippen molar-refractivity contribution in [1.29, 1.82) is 0 Å². The molecule has 33 heavy (non-hydrogen) atoms. The summed E-state index contributed by atoms with van der Waals surface area (Å²) in [5.74, 6) is 1.35. The number of carbonyl (C=O) groups is 2. The van der Waals surface area contributed by atoms with Gasteiger partial charge in [0, 0.05) is 46.1 Å². The van der Waals surface area contributed by atoms with Crippen LogP contribution < -0.4 is 10.1 Å². The summed E-state index contributed by atoms with van der Waals surface area (Å²) in [4.78, 5) is 31.0. The van der Waals surface area contributed by atoms with Crippen molar-refractivity contribution in [2.24, 2.45) is 5.92 Å². The summed E-state index contributed by atoms with van der Waals surface area (Å²) >= 11 is 8.06. The number of carbonyl (C=O) groups excluding carboxylic acids is 2. The molecule has 2 amide bonds. The molecule has 4 heterocycles. The molecule has 2 aromatic heterocycles. The first-order chi connectivity index (χ1) is 16.0. The van der Waals surface area contributed by atoms with Gasteiger partial charge in [0.25, 0.3) is 0 Å². The number of amides is 2. The molecule has 1 saturated carbocycles. The van der Waals surface area contributed by atoms with Crippen molar-refractivity contribution in [1.82, 2.24) is 15.2 Å². The predicted octanol–water partition coefficient (Wildman–Crippen LogP) is 4.70. The van der Waals surface area contributed by atoms with Crippen LogP contribution in [-0.4, -0.2) is 40.4 Å². The average Bonchev–Trinajstić information content (AvgIpc) is 3.56. The van der Waals surface area contributed by atoms with Crippen LogP contribution in [0.5, 0.6) is 5.75 Å². The molecular formula is C25H24ClN3O3S. The highest BCUT2D eigenvalue weighted by Gasteiger charge is 2.41. The largest absolute Gasteiger partial charge is 0.488 e. The van der Waals surface area contributed by atoms with Crippen LogP contribution in [0.1, 0.15) is 36.1 Å². The van der Waals surface area contributed by atoms with Gasteiger partial charge in [0.15, 0.2) is 0 Å². The van der Waals surface area contributed by atoms with Crippen molar-refractivity contribution < 1.29 is 14.3 Å². The van der Waals surface area contributed by atoms with E-state index in [4.69, 9.17) is 16.3 Å². The number of imide groups is 1. The lowest BCUT2D eigenvalue weighted by atomic mass is 10.0. The molecule has 2 saturated heterocycles. The van der Waals surface area contributed by atoms with Crippen LogP contribution in [0.3, 0.4) is 0 Å². The fourth-order valence-electron chi connectivity index (χ4n) is 5.40. The number of aryl methyl sites for hydroxylation is 1. The van der Waals surface area contributed by atoms with Crippen molar-refractivity contribution >= 4 is 45.0 Å². The zero-order chi connectivity index (χ0) is 22.7. The quantitative estimate of drug-likeness (QED) is 0.535. The number of hydrogen-bond donors (Lipinski definition) is 1. The first-order valence-corrected chi connectivity index (χ1v) is 12.6. The summed E-state index contributed by atoms with van der Waals surface area (Å²) in [6.45, 7) is 3.42. The molecule has 1 N–H and O–H groups in total. The highest BCUT2D eigenvalue weighted by Crippen LogP contribution is 2.44. The molecule has 6 nitrogen and oxygen atoms in total. The number of nitrogens with zero attached hydrogens (tertiary/aromatic N) is 2. The van der Waals surface area contributed by atoms with Crippen LogP contribution in [0.25, 0.3) is 21.3 Å². The number of aromatic nitrogens is 1. The van der Waals surface area contributed by atoms with E-state index in [0.29, 0.717) is 36.4 Å². The number of halogens is 1. The van der Waals surface area contributed by atoms with E-state index in [1.807, 2.05) is 31.2 Å². The van der Waals surface area contributed by atoms with Crippen LogP contribution >= 0.6 is 22.9 Å². The monoisotopic (exact) mass is 481 g/mol. The minimum absolute atomic E-state index is 0.105. The molecule has 8 heteroatoms. The molecule has 2 bridgehead atoms. The summed E-state index contributed by atoms with van der Waals surface area (Å²) in [5, 5.41) is 4.24. The Balaban J connectivity index is 1.39. The molecule has 1 aliphatic carbocycles. The maximum absolute atomic E-state index is 12.1. The lowest BCUT2D eigenvalue weighted by Crippen LogP contribution is -2.40. The van der Waals surface area contributed by atoms with Crippen molar-refractivity contribution in [2.75, 3.05) is 6.54 Å². The number of pyridine rings is 1. The Morgan fingerprint density at radius 2 is 2.00 bits per heavy atom. The maximum Gasteiger partial charge on any atom is 0.230 e. The van der Waals surface area contributed by atoms with Gasteiger partial charge in [-0.3, -0.25) is 19.5 Å². The van der Waals surface area contributed by atoms with E-state index >= 15 is 0 Å². The van der Waals surface area contributed by atoms with Crippen LogP contribution in [0.15, 0.2) is 30.5 Å². The molecule has 3 aliphatic rings. The van der Waals surface area contributed by atoms with Gasteiger partial charge in [-0.25, -0.2) is 0 Å². The molecule has 3 fully saturated rings. The van der Waals surface area contributed by atoms with Crippen LogP contribution in [0.2, 0.25) is 5.02 Å². The Bertz CT molecular complexity index is 1270. The van der Waals surface area contributed by atoms with Gasteiger partial charge in [0.2, 0.25) is 11.8 Å². The van der Waals surface area contributed by atoms with Crippen LogP contribution in [-0.2, 0) is 16.1 Å². The molecule has 3 aromatic rings. The molecule has 1 aromatic carbocycles. The predicted molar refractivity (Wildman–Crippen MR) is 129 cm³/mol. The van der Waals surface area contributed by atoms with Gasteiger partial charge in [-0.15, -0.1) is 11.3 Å². The first kappa shape index (κ1) is 21.1. The van der Waals surface area contributed by atoms with Crippen molar-refractivity contribution in [3.05, 3.63) is 45.9 Å². The Kier molecular flexibility index (Phi) is 5.16. The number of benzene rings is 1. The molecule has 170 valence electrons. The molecule has 0 radical (unpaired) electrons. The SMILES string of the molecule is Cc1cc(Cl)cc(-c2ccnc3cc(CN4C(=O)CCC4=O)sc23)c1O[C@H]1C[C@H]2CN[C@@H]1C2. The number of hydrogen-bond acceptors (Lipinski definition) is 6. The first-order valence-electron chi connectivity index (χ1n) is 11.4. The zero-order valence-electron chi connectivity index (χ0n) is 18.3. The van der Waals surface area contributed by atoms with E-state index < -0.39 is 0 Å². The molecular weight excluding hydrogens is 458 g/mol. The van der Waals surface area contributed by atoms with Gasteiger partial charge in [-0.2, -0.15) is 0 Å². The zero-order valence-corrected chi connectivity index (χ0v) is 19.8. The summed E-state index contributed by atoms with van der Waals surface area (Å²) in [6, 6.07) is 8.28. The smallest absolute Gasteiger partial charge is 0.230 e. The second-order valence-corrected chi connectivity index (χ2v) is 10.8. The van der Waals surface area contributed by atoms with Gasteiger partial charge in [-0.1, -0.05) is 11.6 Å². The lowest BCUT2D eigenvalue weighted by molar-refractivity contribution is -0.138. The second-order valence-electron chi connectivity index (χ2n) is 9.27. The standard InChI is InChI=1S/C25H24ClN3O3S/c1-13-6-15(26)9-18(24(13)32-21-8-14-7-19(21)28-11-14)17-4-5-27-20-10-16(33-25(17)20)12-29-22(30)2-3-23(29)31/h4-6,9-10,14,19,21,28H,2-3,7-8,11-12H2,1H3/t14-,19+,21-/m0/s1. The number of piperidine rings is 1. The van der Waals surface area contributed by atoms with E-state index in [9.17, 15) is 9.59 Å². The topological polar surface area (TPSA) is 71.5 Å². The average molecular weight is 482 g/mol. The fraction of sp³-hybridized carbons (Fsp3) is 0.400. The molecule has 6 rings (SSSR count). The third kappa shape index (κ3) is 3.72. The van der Waals surface area contributed by atoms with E-state index in [-0.39, 0.29) is 17.9 Å². The molecule has 3 atom stereocenters. The summed E-state index contributed by atoms with van der Waals surface area (Å²) in [5.41, 5.74) is 3.82. The number of thiophene rings is 1. The van der Waals surface area contributed by atoms with Gasteiger partial charge >= 0.3 is 0 Å². The number of fused-ring (bicyclic) bond motifs is 3. The van der Waals surface area contributed by atoms with Gasteiger partial charge in [-0.05, 0) is 62.1 Å². The number of likely N-dealkylation sites (tertiary alicyclic amines) is 1. The Morgan fingerprint density at radius 3 is 2.73 bits per heavy atom. The van der Waals surface area contributed by atoms with Crippen molar-refractivity contribution in [2.45, 2.75) is 51.3 Å². The van der Waals surface area contributed by atoms with Crippen molar-refractivity contribution in [3.8, 4) is 16.9 Å². The third-order valence-electron chi connectivity index (χ3n) is 7.00. The maximum atomic E-state index is 12.1. The van der Waals surface area contributed by atoms with E-state index in [0.717, 1.165) is 50.5 Å². The minimum Gasteiger partial charge on any atom is -0.488 e. The van der Waals surface area contributed by atoms with Gasteiger partial charge < -0.3 is 10.1 Å². The summed E-state index contributed by atoms with van der Waals surface area (Å²) in [6.07, 6.45) is 4.80. The van der Waals surface area contributed by atoms with Gasteiger partial charge in [0.05, 0.1) is 16.8 Å². The number of ether oxygens (including phenoxy) is 1. The third-order valence-corrected chi connectivity index (χ3v) is 8.36. The second kappa shape index (κ2) is 8.08. The minimum atomic E-state index is -0.105. The highest BCUT2D eigenvalue weighted by molar-refractivity contribution is 7.19. The Hall–Kier alpha value is -2.48. The van der Waals surface area contributed by atoms with E-state index in [1.165, 1.54) is 11.3 Å². The summed E-state index contributed by atoms with van der Waals surface area (Å²) in [7, 11) is 0. The normalized spacial score (nSPS) is 24.4. The molecule has 0 unspecified atom stereocenters. The van der Waals surface area contributed by atoms with E-state index in [1.54, 1.807) is 17.5 Å². The number of rotatable bonds is 5. The van der Waals surface area contributed by atoms with Crippen molar-refractivity contribution in [3.63, 3.8) is 0 Å². The fourth-order valence-corrected chi connectivity index (χ4v) is 6.80. The van der Waals surface area contributed by atoms with Crippen LogP contribution in [0, 0.1) is 12.8 Å². The van der Waals surface area contributed by atoms with Gasteiger partial charge in [0.1, 0.15) is 11.9 Å². The Labute approximate surface area is 200 Å². The summed E-state index contributed by atoms with van der Waals surface area (Å²) < 4.78 is 7.64. The van der Waals surface area contributed by atoms with Crippen LogP contribution in [0.4, 0.5) is 0 Å². The molecule has 2 aliphatic heterocycles. The van der Waals surface area contributed by atoms with E-state index in [2.05, 4.69) is 10.3 Å². The lowest BCUT2D eigenvalue weighted by Gasteiger charge is -2.26. The Morgan fingerprint density at radius 1 is 1.18 bits per heavy atom. The molecule has 0 spiro atoms. The number of nitrogens with one attached hydrogen (secondary N) is 1.